The second-order valence-electron chi connectivity index (χ2n) is 5.53. The lowest BCUT2D eigenvalue weighted by molar-refractivity contribution is -0.937. The van der Waals surface area contributed by atoms with Crippen molar-refractivity contribution in [1.29, 1.82) is 0 Å². The van der Waals surface area contributed by atoms with Crippen LogP contribution in [-0.4, -0.2) is 33.9 Å². The number of hydrogen-bond donors (Lipinski definition) is 2. The van der Waals surface area contributed by atoms with Crippen molar-refractivity contribution in [1.82, 2.24) is 0 Å². The molecule has 0 amide bonds. The molecule has 1 saturated heterocycles. The van der Waals surface area contributed by atoms with Crippen LogP contribution in [0.25, 0.3) is 0 Å². The number of ether oxygens (including phenoxy) is 2. The van der Waals surface area contributed by atoms with E-state index in [1.54, 1.807) is 19.1 Å². The number of benzene rings is 1. The molecule has 1 atom stereocenters. The minimum atomic E-state index is 0.466. The monoisotopic (exact) mass is 280 g/mol. The Morgan fingerprint density at radius 3 is 2.25 bits per heavy atom. The third-order valence-electron chi connectivity index (χ3n) is 4.34. The van der Waals surface area contributed by atoms with Crippen molar-refractivity contribution in [2.45, 2.75) is 31.7 Å². The molecule has 0 bridgehead atoms. The first kappa shape index (κ1) is 15.1. The summed E-state index contributed by atoms with van der Waals surface area (Å²) in [5, 5.41) is 0. The lowest BCUT2D eigenvalue weighted by atomic mass is 10.0. The fourth-order valence-corrected chi connectivity index (χ4v) is 3.21. The van der Waals surface area contributed by atoms with Gasteiger partial charge in [0.25, 0.3) is 0 Å². The number of quaternary nitrogens is 2. The summed E-state index contributed by atoms with van der Waals surface area (Å²) in [5.74, 6) is 1.61. The molecule has 2 rings (SSSR count). The van der Waals surface area contributed by atoms with Crippen molar-refractivity contribution in [3.63, 3.8) is 0 Å². The van der Waals surface area contributed by atoms with Crippen LogP contribution in [0.5, 0.6) is 11.5 Å². The zero-order valence-electron chi connectivity index (χ0n) is 12.8. The van der Waals surface area contributed by atoms with Crippen molar-refractivity contribution < 1.29 is 20.1 Å². The van der Waals surface area contributed by atoms with Crippen molar-refractivity contribution in [3.05, 3.63) is 23.8 Å². The van der Waals surface area contributed by atoms with E-state index >= 15 is 0 Å². The number of likely N-dealkylation sites (tertiary alicyclic amines) is 1. The fourth-order valence-electron chi connectivity index (χ4n) is 3.21. The van der Waals surface area contributed by atoms with E-state index in [0.717, 1.165) is 18.0 Å². The normalized spacial score (nSPS) is 18.4. The first-order valence-electron chi connectivity index (χ1n) is 7.66. The van der Waals surface area contributed by atoms with Gasteiger partial charge in [-0.25, -0.2) is 0 Å². The molecule has 0 radical (unpaired) electrons. The molecule has 1 heterocycles. The standard InChI is InChI=1S/C16H26N2O2/c1-19-15-8-7-13(11-16(15)20-2)14(12-17)18-9-5-3-4-6-10-18/h7-8,11,14H,3-6,9-10,12,17H2,1-2H3/p+2/t14-/m1/s1. The van der Waals surface area contributed by atoms with Crippen LogP contribution in [0, 0.1) is 0 Å². The van der Waals surface area contributed by atoms with Crippen LogP contribution < -0.4 is 20.1 Å². The minimum Gasteiger partial charge on any atom is -0.493 e. The molecule has 1 aliphatic rings. The van der Waals surface area contributed by atoms with Crippen LogP contribution >= 0.6 is 0 Å². The first-order chi connectivity index (χ1) is 9.80. The highest BCUT2D eigenvalue weighted by Crippen LogP contribution is 2.29. The molecular formula is C16H28N2O2+2. The summed E-state index contributed by atoms with van der Waals surface area (Å²) in [5.41, 5.74) is 5.49. The zero-order chi connectivity index (χ0) is 14.4. The van der Waals surface area contributed by atoms with Crippen molar-refractivity contribution in [2.24, 2.45) is 0 Å². The SMILES string of the molecule is COc1ccc([C@@H](C[NH3+])[NH+]2CCCCCC2)cc1OC. The summed E-state index contributed by atoms with van der Waals surface area (Å²) in [4.78, 5) is 1.67. The Balaban J connectivity index is 2.21. The molecule has 20 heavy (non-hydrogen) atoms. The van der Waals surface area contributed by atoms with Crippen molar-refractivity contribution in [2.75, 3.05) is 33.9 Å². The van der Waals surface area contributed by atoms with Gasteiger partial charge in [0, 0.05) is 5.56 Å². The van der Waals surface area contributed by atoms with Crippen molar-refractivity contribution >= 4 is 0 Å². The molecule has 112 valence electrons. The Morgan fingerprint density at radius 2 is 1.70 bits per heavy atom. The molecule has 4 heteroatoms. The first-order valence-corrected chi connectivity index (χ1v) is 7.66. The smallest absolute Gasteiger partial charge is 0.163 e. The minimum absolute atomic E-state index is 0.466. The highest BCUT2D eigenvalue weighted by atomic mass is 16.5. The van der Waals surface area contributed by atoms with Gasteiger partial charge in [-0.05, 0) is 43.9 Å². The summed E-state index contributed by atoms with van der Waals surface area (Å²) in [6, 6.07) is 6.75. The van der Waals surface area contributed by atoms with E-state index < -0.39 is 0 Å². The largest absolute Gasteiger partial charge is 0.493 e. The summed E-state index contributed by atoms with van der Waals surface area (Å²) >= 11 is 0. The van der Waals surface area contributed by atoms with Gasteiger partial charge in [-0.3, -0.25) is 0 Å². The summed E-state index contributed by atoms with van der Waals surface area (Å²) in [6.45, 7) is 3.44. The quantitative estimate of drug-likeness (QED) is 0.822. The van der Waals surface area contributed by atoms with Crippen LogP contribution in [0.1, 0.15) is 37.3 Å². The maximum absolute atomic E-state index is 5.43. The Morgan fingerprint density at radius 1 is 1.05 bits per heavy atom. The lowest BCUT2D eigenvalue weighted by Gasteiger charge is -2.26. The second-order valence-corrected chi connectivity index (χ2v) is 5.53. The van der Waals surface area contributed by atoms with Crippen LogP contribution in [0.15, 0.2) is 18.2 Å². The van der Waals surface area contributed by atoms with Gasteiger partial charge in [0.15, 0.2) is 17.5 Å². The molecular weight excluding hydrogens is 252 g/mol. The van der Waals surface area contributed by atoms with E-state index in [0.29, 0.717) is 6.04 Å². The molecule has 1 aromatic rings. The van der Waals surface area contributed by atoms with E-state index in [1.807, 2.05) is 6.07 Å². The van der Waals surface area contributed by atoms with Gasteiger partial charge in [-0.15, -0.1) is 0 Å². The maximum Gasteiger partial charge on any atom is 0.163 e. The van der Waals surface area contributed by atoms with Gasteiger partial charge < -0.3 is 20.1 Å². The summed E-state index contributed by atoms with van der Waals surface area (Å²) in [6.07, 6.45) is 5.41. The van der Waals surface area contributed by atoms with E-state index in [4.69, 9.17) is 9.47 Å². The number of rotatable bonds is 5. The second kappa shape index (κ2) is 7.50. The molecule has 1 fully saturated rings. The van der Waals surface area contributed by atoms with Gasteiger partial charge in [-0.2, -0.15) is 0 Å². The zero-order valence-corrected chi connectivity index (χ0v) is 12.8. The number of methoxy groups -OCH3 is 2. The van der Waals surface area contributed by atoms with E-state index in [2.05, 4.69) is 17.9 Å². The third kappa shape index (κ3) is 3.44. The van der Waals surface area contributed by atoms with Gasteiger partial charge >= 0.3 is 0 Å². The van der Waals surface area contributed by atoms with E-state index in [-0.39, 0.29) is 0 Å². The number of hydrogen-bond acceptors (Lipinski definition) is 2. The van der Waals surface area contributed by atoms with Gasteiger partial charge in [0.05, 0.1) is 27.3 Å². The van der Waals surface area contributed by atoms with Crippen LogP contribution in [0.4, 0.5) is 0 Å². The van der Waals surface area contributed by atoms with Gasteiger partial charge in [0.2, 0.25) is 0 Å². The summed E-state index contributed by atoms with van der Waals surface area (Å²) in [7, 11) is 3.37. The topological polar surface area (TPSA) is 50.5 Å². The van der Waals surface area contributed by atoms with Crippen LogP contribution in [0.2, 0.25) is 0 Å². The molecule has 1 aliphatic heterocycles. The van der Waals surface area contributed by atoms with E-state index in [1.165, 1.54) is 44.3 Å². The Labute approximate surface area is 121 Å². The molecule has 4 N–H and O–H groups in total. The van der Waals surface area contributed by atoms with Crippen LogP contribution in [-0.2, 0) is 0 Å². The Bertz CT molecular complexity index is 415. The molecule has 1 aromatic carbocycles. The highest BCUT2D eigenvalue weighted by Gasteiger charge is 2.26. The van der Waals surface area contributed by atoms with Gasteiger partial charge in [-0.1, -0.05) is 0 Å². The molecule has 0 unspecified atom stereocenters. The molecule has 0 saturated carbocycles. The Kier molecular flexibility index (Phi) is 5.68. The lowest BCUT2D eigenvalue weighted by Crippen LogP contribution is -3.13. The van der Waals surface area contributed by atoms with E-state index in [9.17, 15) is 0 Å². The Hall–Kier alpha value is -1.26. The average molecular weight is 280 g/mol. The van der Waals surface area contributed by atoms with Crippen LogP contribution in [0.3, 0.4) is 0 Å². The molecule has 0 spiro atoms. The highest BCUT2D eigenvalue weighted by molar-refractivity contribution is 5.43. The predicted molar refractivity (Wildman–Crippen MR) is 79.2 cm³/mol. The summed E-state index contributed by atoms with van der Waals surface area (Å²) < 4.78 is 10.8. The average Bonchev–Trinajstić information content (AvgIpc) is 2.77. The third-order valence-corrected chi connectivity index (χ3v) is 4.34. The molecule has 0 aliphatic carbocycles. The maximum atomic E-state index is 5.43. The molecule has 0 aromatic heterocycles. The molecule has 4 nitrogen and oxygen atoms in total. The predicted octanol–water partition coefficient (Wildman–Crippen LogP) is 0.446. The van der Waals surface area contributed by atoms with Gasteiger partial charge in [0.1, 0.15) is 6.54 Å². The fraction of sp³-hybridized carbons (Fsp3) is 0.625. The van der Waals surface area contributed by atoms with Crippen molar-refractivity contribution in [3.8, 4) is 11.5 Å². The number of nitrogens with one attached hydrogen (secondary N) is 1.